The van der Waals surface area contributed by atoms with Gasteiger partial charge in [-0.2, -0.15) is 0 Å². The van der Waals surface area contributed by atoms with Crippen molar-refractivity contribution in [2.24, 2.45) is 0 Å². The average molecular weight is 297 g/mol. The second-order valence-corrected chi connectivity index (χ2v) is 15.5. The van der Waals surface area contributed by atoms with E-state index in [1.807, 2.05) is 18.2 Å². The SMILES string of the molecule is CC[Si](C)(C)O[Si](C)(C)CCCc1ccccc1O. The third kappa shape index (κ3) is 5.93. The third-order valence-corrected chi connectivity index (χ3v) is 11.3. The first-order chi connectivity index (χ1) is 8.76. The molecule has 0 aliphatic rings. The highest BCUT2D eigenvalue weighted by atomic mass is 28.4. The number of aryl methyl sites for hydroxylation is 1. The maximum absolute atomic E-state index is 9.75. The van der Waals surface area contributed by atoms with E-state index in [-0.39, 0.29) is 0 Å². The summed E-state index contributed by atoms with van der Waals surface area (Å²) in [6, 6.07) is 9.98. The van der Waals surface area contributed by atoms with Gasteiger partial charge >= 0.3 is 0 Å². The van der Waals surface area contributed by atoms with Crippen molar-refractivity contribution < 1.29 is 9.22 Å². The molecule has 108 valence electrons. The van der Waals surface area contributed by atoms with Crippen LogP contribution >= 0.6 is 0 Å². The van der Waals surface area contributed by atoms with Gasteiger partial charge in [0.1, 0.15) is 5.75 Å². The highest BCUT2D eigenvalue weighted by molar-refractivity contribution is 6.84. The Morgan fingerprint density at radius 2 is 1.68 bits per heavy atom. The quantitative estimate of drug-likeness (QED) is 0.734. The van der Waals surface area contributed by atoms with E-state index in [4.69, 9.17) is 4.12 Å². The first kappa shape index (κ1) is 16.5. The zero-order valence-electron chi connectivity index (χ0n) is 13.0. The van der Waals surface area contributed by atoms with Crippen molar-refractivity contribution in [1.82, 2.24) is 0 Å². The van der Waals surface area contributed by atoms with Crippen LogP contribution in [-0.2, 0) is 10.5 Å². The van der Waals surface area contributed by atoms with E-state index in [0.29, 0.717) is 5.75 Å². The fraction of sp³-hybridized carbons (Fsp3) is 0.600. The first-order valence-corrected chi connectivity index (χ1v) is 13.5. The molecule has 0 saturated heterocycles. The van der Waals surface area contributed by atoms with Crippen LogP contribution in [0.1, 0.15) is 18.9 Å². The lowest BCUT2D eigenvalue weighted by atomic mass is 10.1. The Labute approximate surface area is 120 Å². The van der Waals surface area contributed by atoms with Crippen molar-refractivity contribution in [1.29, 1.82) is 0 Å². The average Bonchev–Trinajstić information content (AvgIpc) is 2.30. The Balaban J connectivity index is 2.46. The smallest absolute Gasteiger partial charge is 0.173 e. The number of hydrogen-bond acceptors (Lipinski definition) is 2. The van der Waals surface area contributed by atoms with Gasteiger partial charge in [-0.05, 0) is 62.7 Å². The van der Waals surface area contributed by atoms with Gasteiger partial charge in [0.05, 0.1) is 0 Å². The maximum Gasteiger partial charge on any atom is 0.173 e. The summed E-state index contributed by atoms with van der Waals surface area (Å²) in [7, 11) is -2.99. The Morgan fingerprint density at radius 1 is 1.05 bits per heavy atom. The number of phenols is 1. The van der Waals surface area contributed by atoms with E-state index in [1.165, 1.54) is 6.04 Å². The molecule has 1 aromatic rings. The maximum atomic E-state index is 9.75. The lowest BCUT2D eigenvalue weighted by molar-refractivity contribution is 0.467. The zero-order chi connectivity index (χ0) is 14.5. The molecule has 1 aromatic carbocycles. The molecule has 0 aromatic heterocycles. The molecule has 0 unspecified atom stereocenters. The van der Waals surface area contributed by atoms with Gasteiger partial charge in [-0.3, -0.25) is 0 Å². The number of hydrogen-bond donors (Lipinski definition) is 1. The van der Waals surface area contributed by atoms with Gasteiger partial charge in [-0.25, -0.2) is 0 Å². The molecular weight excluding hydrogens is 268 g/mol. The molecular formula is C15H28O2Si2. The summed E-state index contributed by atoms with van der Waals surface area (Å²) in [6.07, 6.45) is 2.05. The van der Waals surface area contributed by atoms with Gasteiger partial charge in [0.2, 0.25) is 0 Å². The molecule has 4 heteroatoms. The number of benzene rings is 1. The second-order valence-electron chi connectivity index (χ2n) is 6.46. The Bertz CT molecular complexity index is 403. The van der Waals surface area contributed by atoms with E-state index in [2.05, 4.69) is 33.1 Å². The summed E-state index contributed by atoms with van der Waals surface area (Å²) in [5, 5.41) is 9.75. The summed E-state index contributed by atoms with van der Waals surface area (Å²) in [5.74, 6) is 0.422. The van der Waals surface area contributed by atoms with Crippen molar-refractivity contribution in [3.8, 4) is 5.75 Å². The summed E-state index contributed by atoms with van der Waals surface area (Å²) < 4.78 is 6.46. The molecule has 1 rings (SSSR count). The molecule has 19 heavy (non-hydrogen) atoms. The molecule has 0 atom stereocenters. The van der Waals surface area contributed by atoms with E-state index >= 15 is 0 Å². The van der Waals surface area contributed by atoms with Crippen molar-refractivity contribution in [2.75, 3.05) is 0 Å². The molecule has 0 saturated carbocycles. The highest BCUT2D eigenvalue weighted by Gasteiger charge is 2.31. The van der Waals surface area contributed by atoms with E-state index in [0.717, 1.165) is 24.4 Å². The molecule has 1 N–H and O–H groups in total. The van der Waals surface area contributed by atoms with Crippen LogP contribution < -0.4 is 0 Å². The number of rotatable bonds is 7. The topological polar surface area (TPSA) is 29.5 Å². The van der Waals surface area contributed by atoms with Gasteiger partial charge in [0.25, 0.3) is 0 Å². The van der Waals surface area contributed by atoms with Crippen molar-refractivity contribution in [3.05, 3.63) is 29.8 Å². The third-order valence-electron chi connectivity index (χ3n) is 3.62. The van der Waals surface area contributed by atoms with Crippen LogP contribution in [0.15, 0.2) is 24.3 Å². The van der Waals surface area contributed by atoms with Gasteiger partial charge in [-0.1, -0.05) is 25.1 Å². The van der Waals surface area contributed by atoms with Crippen molar-refractivity contribution in [2.45, 2.75) is 58.0 Å². The van der Waals surface area contributed by atoms with Gasteiger partial charge < -0.3 is 9.22 Å². The number of phenolic OH excluding ortho intramolecular Hbond substituents is 1. The van der Waals surface area contributed by atoms with E-state index < -0.39 is 16.6 Å². The molecule has 0 heterocycles. The van der Waals surface area contributed by atoms with E-state index in [9.17, 15) is 5.11 Å². The minimum Gasteiger partial charge on any atom is -0.508 e. The van der Waals surface area contributed by atoms with Crippen LogP contribution in [0.3, 0.4) is 0 Å². The summed E-state index contributed by atoms with van der Waals surface area (Å²) in [6.45, 7) is 11.5. The van der Waals surface area contributed by atoms with Crippen molar-refractivity contribution in [3.63, 3.8) is 0 Å². The monoisotopic (exact) mass is 296 g/mol. The standard InChI is InChI=1S/C15H28O2Si2/c1-6-18(2,3)17-19(4,5)13-9-11-14-10-7-8-12-15(14)16/h7-8,10,12,16H,6,9,11,13H2,1-5H3. The largest absolute Gasteiger partial charge is 0.508 e. The van der Waals surface area contributed by atoms with Crippen LogP contribution in [0.25, 0.3) is 0 Å². The molecule has 0 amide bonds. The lowest BCUT2D eigenvalue weighted by Gasteiger charge is -2.33. The van der Waals surface area contributed by atoms with E-state index in [1.54, 1.807) is 6.07 Å². The van der Waals surface area contributed by atoms with Crippen LogP contribution in [0.5, 0.6) is 5.75 Å². The van der Waals surface area contributed by atoms with Gasteiger partial charge in [0.15, 0.2) is 16.6 Å². The van der Waals surface area contributed by atoms with Gasteiger partial charge in [-0.15, -0.1) is 0 Å². The van der Waals surface area contributed by atoms with Crippen LogP contribution in [0.4, 0.5) is 0 Å². The molecule has 0 aliphatic carbocycles. The molecule has 2 nitrogen and oxygen atoms in total. The second kappa shape index (κ2) is 6.72. The van der Waals surface area contributed by atoms with Crippen LogP contribution in [0, 0.1) is 0 Å². The molecule has 0 radical (unpaired) electrons. The minimum atomic E-state index is -1.55. The lowest BCUT2D eigenvalue weighted by Crippen LogP contribution is -2.43. The molecule has 0 bridgehead atoms. The Hall–Kier alpha value is -0.586. The minimum absolute atomic E-state index is 0.422. The van der Waals surface area contributed by atoms with Gasteiger partial charge in [0, 0.05) is 0 Å². The van der Waals surface area contributed by atoms with Crippen LogP contribution in [0.2, 0.25) is 38.3 Å². The fourth-order valence-electron chi connectivity index (χ4n) is 2.30. The highest BCUT2D eigenvalue weighted by Crippen LogP contribution is 2.24. The molecule has 0 aliphatic heterocycles. The number of aromatic hydroxyl groups is 1. The zero-order valence-corrected chi connectivity index (χ0v) is 15.0. The fourth-order valence-corrected chi connectivity index (χ4v) is 10.3. The molecule has 0 fully saturated rings. The van der Waals surface area contributed by atoms with Crippen molar-refractivity contribution >= 4 is 16.6 Å². The Morgan fingerprint density at radius 3 is 2.26 bits per heavy atom. The predicted octanol–water partition coefficient (Wildman–Crippen LogP) is 4.77. The first-order valence-electron chi connectivity index (χ1n) is 7.23. The summed E-state index contributed by atoms with van der Waals surface area (Å²) in [5.41, 5.74) is 1.05. The van der Waals surface area contributed by atoms with Crippen LogP contribution in [-0.4, -0.2) is 21.7 Å². The normalized spacial score (nSPS) is 12.7. The Kier molecular flexibility index (Phi) is 5.83. The summed E-state index contributed by atoms with van der Waals surface area (Å²) >= 11 is 0. The molecule has 0 spiro atoms. The summed E-state index contributed by atoms with van der Waals surface area (Å²) in [4.78, 5) is 0. The predicted molar refractivity (Wildman–Crippen MR) is 87.8 cm³/mol. The number of para-hydroxylation sites is 1.